The minimum atomic E-state index is -0.787. The Labute approximate surface area is 108 Å². The molecule has 0 bridgehead atoms. The van der Waals surface area contributed by atoms with Crippen LogP contribution in [0, 0.1) is 0 Å². The lowest BCUT2D eigenvalue weighted by Crippen LogP contribution is -2.46. The van der Waals surface area contributed by atoms with Crippen LogP contribution in [0.3, 0.4) is 0 Å². The fraction of sp³-hybridized carbons (Fsp3) is 0.571. The second-order valence-corrected chi connectivity index (χ2v) is 5.06. The zero-order chi connectivity index (χ0) is 13.2. The van der Waals surface area contributed by atoms with Crippen molar-refractivity contribution >= 4 is 0 Å². The van der Waals surface area contributed by atoms with Gasteiger partial charge in [-0.1, -0.05) is 12.1 Å². The Kier molecular flexibility index (Phi) is 3.90. The summed E-state index contributed by atoms with van der Waals surface area (Å²) in [5.74, 6) is 0.262. The van der Waals surface area contributed by atoms with E-state index in [0.717, 1.165) is 5.56 Å². The molecule has 3 N–H and O–H groups in total. The van der Waals surface area contributed by atoms with Crippen molar-refractivity contribution in [3.63, 3.8) is 0 Å². The summed E-state index contributed by atoms with van der Waals surface area (Å²) in [6, 6.07) is 7.23. The van der Waals surface area contributed by atoms with Gasteiger partial charge in [-0.15, -0.1) is 0 Å². The number of aromatic hydroxyl groups is 1. The molecule has 1 fully saturated rings. The summed E-state index contributed by atoms with van der Waals surface area (Å²) in [6.07, 6.45) is 0.523. The molecule has 4 heteroatoms. The predicted molar refractivity (Wildman–Crippen MR) is 69.5 cm³/mol. The number of hydrogen-bond donors (Lipinski definition) is 3. The molecule has 3 unspecified atom stereocenters. The summed E-state index contributed by atoms with van der Waals surface area (Å²) in [7, 11) is 0. The lowest BCUT2D eigenvalue weighted by Gasteiger charge is -2.28. The van der Waals surface area contributed by atoms with Gasteiger partial charge in [0.2, 0.25) is 0 Å². The molecular weight excluding hydrogens is 230 g/mol. The predicted octanol–water partition coefficient (Wildman–Crippen LogP) is 1.58. The fourth-order valence-electron chi connectivity index (χ4n) is 2.24. The van der Waals surface area contributed by atoms with Gasteiger partial charge in [-0.3, -0.25) is 0 Å². The Balaban J connectivity index is 1.94. The first-order chi connectivity index (χ1) is 8.51. The maximum absolute atomic E-state index is 10.4. The van der Waals surface area contributed by atoms with E-state index in [-0.39, 0.29) is 17.9 Å². The molecule has 0 saturated carbocycles. The molecule has 1 aromatic rings. The Morgan fingerprint density at radius 1 is 1.56 bits per heavy atom. The van der Waals surface area contributed by atoms with Crippen molar-refractivity contribution in [1.82, 2.24) is 5.32 Å². The number of phenolic OH excluding ortho intramolecular Hbond substituents is 1. The van der Waals surface area contributed by atoms with Gasteiger partial charge in [0.05, 0.1) is 6.10 Å². The first kappa shape index (κ1) is 13.3. The number of rotatable bonds is 4. The Morgan fingerprint density at radius 3 is 2.94 bits per heavy atom. The van der Waals surface area contributed by atoms with Crippen LogP contribution in [0.1, 0.15) is 31.9 Å². The van der Waals surface area contributed by atoms with Gasteiger partial charge < -0.3 is 20.3 Å². The van der Waals surface area contributed by atoms with Crippen molar-refractivity contribution < 1.29 is 14.9 Å². The van der Waals surface area contributed by atoms with Crippen molar-refractivity contribution in [2.75, 3.05) is 13.2 Å². The SMILES string of the molecule is CC(NCC1(O)CCOC1C)c1cccc(O)c1. The number of hydrogen-bond acceptors (Lipinski definition) is 4. The highest BCUT2D eigenvalue weighted by molar-refractivity contribution is 5.29. The first-order valence-corrected chi connectivity index (χ1v) is 6.37. The molecule has 0 amide bonds. The Morgan fingerprint density at radius 2 is 2.33 bits per heavy atom. The smallest absolute Gasteiger partial charge is 0.115 e. The molecule has 1 aromatic carbocycles. The van der Waals surface area contributed by atoms with Gasteiger partial charge in [-0.25, -0.2) is 0 Å². The van der Waals surface area contributed by atoms with Gasteiger partial charge in [0.25, 0.3) is 0 Å². The van der Waals surface area contributed by atoms with Crippen LogP contribution in [0.5, 0.6) is 5.75 Å². The first-order valence-electron chi connectivity index (χ1n) is 6.37. The maximum atomic E-state index is 10.4. The average Bonchev–Trinajstić information content (AvgIpc) is 2.67. The van der Waals surface area contributed by atoms with E-state index in [2.05, 4.69) is 5.32 Å². The molecule has 1 aliphatic heterocycles. The third kappa shape index (κ3) is 2.83. The number of benzene rings is 1. The van der Waals surface area contributed by atoms with Gasteiger partial charge in [-0.2, -0.15) is 0 Å². The third-order valence-corrected chi connectivity index (χ3v) is 3.74. The molecule has 4 nitrogen and oxygen atoms in total. The molecule has 1 saturated heterocycles. The average molecular weight is 251 g/mol. The Bertz CT molecular complexity index is 410. The molecule has 3 atom stereocenters. The third-order valence-electron chi connectivity index (χ3n) is 3.74. The van der Waals surface area contributed by atoms with Gasteiger partial charge in [-0.05, 0) is 31.5 Å². The van der Waals surface area contributed by atoms with Gasteiger partial charge in [0.1, 0.15) is 11.4 Å². The minimum absolute atomic E-state index is 0.0777. The van der Waals surface area contributed by atoms with E-state index in [0.29, 0.717) is 19.6 Å². The highest BCUT2D eigenvalue weighted by Gasteiger charge is 2.39. The van der Waals surface area contributed by atoms with Crippen LogP contribution in [0.2, 0.25) is 0 Å². The van der Waals surface area contributed by atoms with Crippen LogP contribution >= 0.6 is 0 Å². The lowest BCUT2D eigenvalue weighted by molar-refractivity contribution is -0.0274. The van der Waals surface area contributed by atoms with Crippen molar-refractivity contribution in [3.05, 3.63) is 29.8 Å². The summed E-state index contributed by atoms with van der Waals surface area (Å²) in [5, 5.41) is 23.1. The number of nitrogens with one attached hydrogen (secondary N) is 1. The minimum Gasteiger partial charge on any atom is -0.508 e. The van der Waals surface area contributed by atoms with Crippen LogP contribution in [0.4, 0.5) is 0 Å². The molecular formula is C14H21NO3. The van der Waals surface area contributed by atoms with Gasteiger partial charge >= 0.3 is 0 Å². The monoisotopic (exact) mass is 251 g/mol. The van der Waals surface area contributed by atoms with E-state index >= 15 is 0 Å². The molecule has 1 heterocycles. The van der Waals surface area contributed by atoms with Crippen LogP contribution in [0.25, 0.3) is 0 Å². The van der Waals surface area contributed by atoms with E-state index in [1.165, 1.54) is 0 Å². The van der Waals surface area contributed by atoms with Crippen molar-refractivity contribution in [2.45, 2.75) is 38.0 Å². The Hall–Kier alpha value is -1.10. The number of phenols is 1. The molecule has 0 radical (unpaired) electrons. The van der Waals surface area contributed by atoms with Crippen molar-refractivity contribution in [2.24, 2.45) is 0 Å². The quantitative estimate of drug-likeness (QED) is 0.760. The summed E-state index contributed by atoms with van der Waals surface area (Å²) in [6.45, 7) is 5.01. The zero-order valence-electron chi connectivity index (χ0n) is 10.9. The lowest BCUT2D eigenvalue weighted by atomic mass is 9.96. The van der Waals surface area contributed by atoms with E-state index in [4.69, 9.17) is 4.74 Å². The molecule has 18 heavy (non-hydrogen) atoms. The highest BCUT2D eigenvalue weighted by atomic mass is 16.5. The zero-order valence-corrected chi connectivity index (χ0v) is 10.9. The second kappa shape index (κ2) is 5.26. The standard InChI is InChI=1S/C14H21NO3/c1-10(12-4-3-5-13(16)8-12)15-9-14(17)6-7-18-11(14)2/h3-5,8,10-11,15-17H,6-7,9H2,1-2H3. The van der Waals surface area contributed by atoms with Gasteiger partial charge in [0.15, 0.2) is 0 Å². The largest absolute Gasteiger partial charge is 0.508 e. The molecule has 0 aliphatic carbocycles. The summed E-state index contributed by atoms with van der Waals surface area (Å²) < 4.78 is 5.40. The second-order valence-electron chi connectivity index (χ2n) is 5.06. The van der Waals surface area contributed by atoms with Gasteiger partial charge in [0, 0.05) is 25.6 Å². The molecule has 1 aliphatic rings. The van der Waals surface area contributed by atoms with E-state index < -0.39 is 5.60 Å². The number of aliphatic hydroxyl groups is 1. The topological polar surface area (TPSA) is 61.7 Å². The summed E-state index contributed by atoms with van der Waals surface area (Å²) in [5.41, 5.74) is 0.218. The van der Waals surface area contributed by atoms with E-state index in [1.807, 2.05) is 26.0 Å². The molecule has 100 valence electrons. The van der Waals surface area contributed by atoms with Crippen LogP contribution in [-0.2, 0) is 4.74 Å². The molecule has 0 spiro atoms. The van der Waals surface area contributed by atoms with Crippen LogP contribution in [0.15, 0.2) is 24.3 Å². The summed E-state index contributed by atoms with van der Waals surface area (Å²) in [4.78, 5) is 0. The fourth-order valence-corrected chi connectivity index (χ4v) is 2.24. The summed E-state index contributed by atoms with van der Waals surface area (Å²) >= 11 is 0. The van der Waals surface area contributed by atoms with Crippen molar-refractivity contribution in [3.8, 4) is 5.75 Å². The van der Waals surface area contributed by atoms with Crippen LogP contribution < -0.4 is 5.32 Å². The molecule has 2 rings (SSSR count). The highest BCUT2D eigenvalue weighted by Crippen LogP contribution is 2.26. The molecule has 0 aromatic heterocycles. The van der Waals surface area contributed by atoms with Crippen molar-refractivity contribution in [1.29, 1.82) is 0 Å². The number of ether oxygens (including phenoxy) is 1. The van der Waals surface area contributed by atoms with E-state index in [1.54, 1.807) is 12.1 Å². The van der Waals surface area contributed by atoms with Crippen LogP contribution in [-0.4, -0.2) is 35.1 Å². The maximum Gasteiger partial charge on any atom is 0.115 e. The van der Waals surface area contributed by atoms with E-state index in [9.17, 15) is 10.2 Å². The normalized spacial score (nSPS) is 29.4.